The quantitative estimate of drug-likeness (QED) is 0.551. The van der Waals surface area contributed by atoms with Gasteiger partial charge in [-0.3, -0.25) is 14.6 Å². The average Bonchev–Trinajstić information content (AvgIpc) is 2.63. The van der Waals surface area contributed by atoms with Crippen molar-refractivity contribution in [2.75, 3.05) is 6.54 Å². The van der Waals surface area contributed by atoms with Crippen LogP contribution in [-0.4, -0.2) is 23.1 Å². The van der Waals surface area contributed by atoms with Gasteiger partial charge in [0, 0.05) is 18.8 Å². The Balaban J connectivity index is 1.58. The van der Waals surface area contributed by atoms with Crippen LogP contribution in [0.3, 0.4) is 0 Å². The monoisotopic (exact) mass is 342 g/mol. The molecule has 0 aliphatic heterocycles. The van der Waals surface area contributed by atoms with Gasteiger partial charge in [-0.25, -0.2) is 0 Å². The SMILES string of the molecule is CCCCCCCCCCCCNC1=CC(=O)c2ncccc2C1=O. The zero-order chi connectivity index (χ0) is 17.9. The Morgan fingerprint density at radius 2 is 1.56 bits per heavy atom. The Bertz CT molecular complexity index is 608. The van der Waals surface area contributed by atoms with Crippen molar-refractivity contribution in [2.45, 2.75) is 71.1 Å². The Morgan fingerprint density at radius 3 is 2.24 bits per heavy atom. The molecule has 1 aromatic heterocycles. The summed E-state index contributed by atoms with van der Waals surface area (Å²) in [5.74, 6) is -0.324. The summed E-state index contributed by atoms with van der Waals surface area (Å²) in [6.07, 6.45) is 15.8. The molecule has 0 saturated heterocycles. The van der Waals surface area contributed by atoms with Gasteiger partial charge in [-0.15, -0.1) is 0 Å². The van der Waals surface area contributed by atoms with Crippen LogP contribution in [-0.2, 0) is 0 Å². The molecule has 0 bridgehead atoms. The Hall–Kier alpha value is -1.97. The van der Waals surface area contributed by atoms with Gasteiger partial charge in [0.05, 0.1) is 11.3 Å². The molecule has 25 heavy (non-hydrogen) atoms. The number of aromatic nitrogens is 1. The summed E-state index contributed by atoms with van der Waals surface area (Å²) in [7, 11) is 0. The van der Waals surface area contributed by atoms with Crippen molar-refractivity contribution >= 4 is 11.6 Å². The molecule has 1 aliphatic carbocycles. The van der Waals surface area contributed by atoms with E-state index in [1.165, 1.54) is 57.4 Å². The van der Waals surface area contributed by atoms with E-state index in [2.05, 4.69) is 17.2 Å². The highest BCUT2D eigenvalue weighted by molar-refractivity contribution is 6.23. The van der Waals surface area contributed by atoms with E-state index >= 15 is 0 Å². The van der Waals surface area contributed by atoms with Crippen molar-refractivity contribution in [3.05, 3.63) is 41.4 Å². The van der Waals surface area contributed by atoms with Crippen molar-refractivity contribution in [3.8, 4) is 0 Å². The van der Waals surface area contributed by atoms with Crippen LogP contribution in [0.4, 0.5) is 0 Å². The zero-order valence-corrected chi connectivity index (χ0v) is 15.4. The molecule has 4 heteroatoms. The number of hydrogen-bond acceptors (Lipinski definition) is 4. The highest BCUT2D eigenvalue weighted by Gasteiger charge is 2.25. The minimum Gasteiger partial charge on any atom is -0.382 e. The van der Waals surface area contributed by atoms with Gasteiger partial charge in [0.15, 0.2) is 0 Å². The number of ketones is 2. The predicted octanol–water partition coefficient (Wildman–Crippen LogP) is 4.86. The van der Waals surface area contributed by atoms with Crippen LogP contribution >= 0.6 is 0 Å². The van der Waals surface area contributed by atoms with E-state index in [0.717, 1.165) is 19.4 Å². The Labute approximate surface area is 151 Å². The predicted molar refractivity (Wildman–Crippen MR) is 101 cm³/mol. The Morgan fingerprint density at radius 1 is 0.920 bits per heavy atom. The molecule has 0 radical (unpaired) electrons. The van der Waals surface area contributed by atoms with Crippen LogP contribution < -0.4 is 5.32 Å². The van der Waals surface area contributed by atoms with Crippen LogP contribution in [0.1, 0.15) is 92.0 Å². The number of fused-ring (bicyclic) bond motifs is 1. The number of carbonyl (C=O) groups excluding carboxylic acids is 2. The second-order valence-corrected chi connectivity index (χ2v) is 6.76. The third kappa shape index (κ3) is 6.11. The molecule has 0 fully saturated rings. The van der Waals surface area contributed by atoms with Crippen molar-refractivity contribution in [2.24, 2.45) is 0 Å². The molecule has 2 rings (SSSR count). The number of unbranched alkanes of at least 4 members (excludes halogenated alkanes) is 9. The molecule has 1 heterocycles. The van der Waals surface area contributed by atoms with Crippen molar-refractivity contribution < 1.29 is 9.59 Å². The number of carbonyl (C=O) groups is 2. The highest BCUT2D eigenvalue weighted by atomic mass is 16.1. The number of nitrogens with zero attached hydrogens (tertiary/aromatic N) is 1. The lowest BCUT2D eigenvalue weighted by Gasteiger charge is -2.15. The fourth-order valence-electron chi connectivity index (χ4n) is 3.16. The van der Waals surface area contributed by atoms with E-state index < -0.39 is 0 Å². The first-order chi connectivity index (χ1) is 12.2. The van der Waals surface area contributed by atoms with Crippen LogP contribution in [0.25, 0.3) is 0 Å². The van der Waals surface area contributed by atoms with Gasteiger partial charge >= 0.3 is 0 Å². The number of nitrogens with one attached hydrogen (secondary N) is 1. The molecular formula is C21H30N2O2. The largest absolute Gasteiger partial charge is 0.382 e. The first-order valence-corrected chi connectivity index (χ1v) is 9.73. The summed E-state index contributed by atoms with van der Waals surface area (Å²) < 4.78 is 0. The number of rotatable bonds is 12. The molecule has 0 spiro atoms. The lowest BCUT2D eigenvalue weighted by Crippen LogP contribution is -2.28. The van der Waals surface area contributed by atoms with E-state index in [-0.39, 0.29) is 17.3 Å². The lowest BCUT2D eigenvalue weighted by atomic mass is 9.97. The summed E-state index contributed by atoms with van der Waals surface area (Å²) in [4.78, 5) is 28.4. The molecule has 0 saturated carbocycles. The maximum Gasteiger partial charge on any atom is 0.211 e. The standard InChI is InChI=1S/C21H30N2O2/c1-2-3-4-5-6-7-8-9-10-11-14-22-18-16-19(24)20-17(21(18)25)13-12-15-23-20/h12-13,15-16,22H,2-11,14H2,1H3. The second-order valence-electron chi connectivity index (χ2n) is 6.76. The first-order valence-electron chi connectivity index (χ1n) is 9.73. The maximum atomic E-state index is 12.4. The number of hydrogen-bond donors (Lipinski definition) is 1. The molecular weight excluding hydrogens is 312 g/mol. The summed E-state index contributed by atoms with van der Waals surface area (Å²) in [5, 5.41) is 3.13. The van der Waals surface area contributed by atoms with Crippen molar-refractivity contribution in [1.29, 1.82) is 0 Å². The fourth-order valence-corrected chi connectivity index (χ4v) is 3.16. The highest BCUT2D eigenvalue weighted by Crippen LogP contribution is 2.18. The van der Waals surface area contributed by atoms with Gasteiger partial charge in [0.25, 0.3) is 0 Å². The Kier molecular flexibility index (Phi) is 8.36. The van der Waals surface area contributed by atoms with Gasteiger partial charge in [-0.05, 0) is 18.6 Å². The van der Waals surface area contributed by atoms with Crippen molar-refractivity contribution in [3.63, 3.8) is 0 Å². The van der Waals surface area contributed by atoms with E-state index in [9.17, 15) is 9.59 Å². The summed E-state index contributed by atoms with van der Waals surface area (Å²) >= 11 is 0. The number of Topliss-reactive ketones (excluding diaryl/α,β-unsaturated/α-hetero) is 1. The normalized spacial score (nSPS) is 13.6. The molecule has 0 amide bonds. The fraction of sp³-hybridized carbons (Fsp3) is 0.571. The molecule has 1 aromatic rings. The van der Waals surface area contributed by atoms with Crippen LogP contribution in [0.5, 0.6) is 0 Å². The smallest absolute Gasteiger partial charge is 0.211 e. The van der Waals surface area contributed by atoms with Gasteiger partial charge in [0.2, 0.25) is 11.6 Å². The molecule has 0 aromatic carbocycles. The summed E-state index contributed by atoms with van der Waals surface area (Å²) in [5.41, 5.74) is 1.07. The third-order valence-corrected chi connectivity index (χ3v) is 4.65. The van der Waals surface area contributed by atoms with E-state index in [4.69, 9.17) is 0 Å². The lowest BCUT2D eigenvalue weighted by molar-refractivity contribution is 0.0975. The first kappa shape index (κ1) is 19.4. The van der Waals surface area contributed by atoms with E-state index in [0.29, 0.717) is 11.3 Å². The maximum absolute atomic E-state index is 12.4. The average molecular weight is 342 g/mol. The van der Waals surface area contributed by atoms with E-state index in [1.807, 2.05) is 0 Å². The number of allylic oxidation sites excluding steroid dienone is 2. The topological polar surface area (TPSA) is 59.1 Å². The third-order valence-electron chi connectivity index (χ3n) is 4.65. The molecule has 0 unspecified atom stereocenters. The van der Waals surface area contributed by atoms with Crippen molar-refractivity contribution in [1.82, 2.24) is 10.3 Å². The molecule has 136 valence electrons. The van der Waals surface area contributed by atoms with Gasteiger partial charge in [-0.1, -0.05) is 64.7 Å². The van der Waals surface area contributed by atoms with Gasteiger partial charge in [-0.2, -0.15) is 0 Å². The molecule has 1 aliphatic rings. The van der Waals surface area contributed by atoms with Crippen LogP contribution in [0.15, 0.2) is 30.1 Å². The molecule has 4 nitrogen and oxygen atoms in total. The number of pyridine rings is 1. The van der Waals surface area contributed by atoms with Crippen LogP contribution in [0.2, 0.25) is 0 Å². The second kappa shape index (κ2) is 10.8. The van der Waals surface area contributed by atoms with E-state index in [1.54, 1.807) is 18.3 Å². The van der Waals surface area contributed by atoms with Crippen LogP contribution in [0, 0.1) is 0 Å². The minimum absolute atomic E-state index is 0.130. The minimum atomic E-state index is -0.194. The van der Waals surface area contributed by atoms with Gasteiger partial charge < -0.3 is 5.32 Å². The zero-order valence-electron chi connectivity index (χ0n) is 15.4. The molecule has 0 atom stereocenters. The summed E-state index contributed by atoms with van der Waals surface area (Å²) in [6, 6.07) is 3.35. The van der Waals surface area contributed by atoms with Gasteiger partial charge in [0.1, 0.15) is 5.69 Å². The summed E-state index contributed by atoms with van der Waals surface area (Å²) in [6.45, 7) is 2.98. The molecule has 1 N–H and O–H groups in total.